The molecule has 0 saturated heterocycles. The van der Waals surface area contributed by atoms with E-state index in [1.165, 1.54) is 65.7 Å². The second-order valence-corrected chi connectivity index (χ2v) is 14.0. The number of benzene rings is 7. The molecule has 0 unspecified atom stereocenters. The van der Waals surface area contributed by atoms with Gasteiger partial charge in [-0.15, -0.1) is 0 Å². The van der Waals surface area contributed by atoms with Crippen molar-refractivity contribution in [1.29, 1.82) is 0 Å². The molecule has 0 N–H and O–H groups in total. The Bertz CT molecular complexity index is 2580. The Hall–Kier alpha value is -5.91. The lowest BCUT2D eigenvalue weighted by Crippen LogP contribution is -2.61. The lowest BCUT2D eigenvalue weighted by molar-refractivity contribution is 0.631. The van der Waals surface area contributed by atoms with Crippen LogP contribution in [0.3, 0.4) is 0 Å². The molecule has 4 heterocycles. The lowest BCUT2D eigenvalue weighted by Gasteiger charge is -2.46. The Morgan fingerprint density at radius 1 is 0.469 bits per heavy atom. The number of rotatable bonds is 3. The molecule has 11 rings (SSSR count). The molecule has 3 aliphatic rings. The van der Waals surface area contributed by atoms with E-state index in [2.05, 4.69) is 161 Å². The number of anilines is 6. The average molecular weight is 643 g/mol. The van der Waals surface area contributed by atoms with Crippen LogP contribution in [-0.4, -0.2) is 6.71 Å². The first kappa shape index (κ1) is 27.1. The van der Waals surface area contributed by atoms with Crippen molar-refractivity contribution in [3.63, 3.8) is 0 Å². The van der Waals surface area contributed by atoms with Gasteiger partial charge in [-0.2, -0.15) is 0 Å². The lowest BCUT2D eigenvalue weighted by atomic mass is 9.33. The molecule has 0 saturated carbocycles. The summed E-state index contributed by atoms with van der Waals surface area (Å²) in [6.45, 7) is 0.0907. The van der Waals surface area contributed by atoms with Gasteiger partial charge in [0.1, 0.15) is 11.3 Å². The maximum Gasteiger partial charge on any atom is 0.252 e. The average Bonchev–Trinajstić information content (AvgIpc) is 3.61. The molecule has 8 aromatic rings. The molecule has 49 heavy (non-hydrogen) atoms. The van der Waals surface area contributed by atoms with Crippen LogP contribution in [0.15, 0.2) is 178 Å². The molecule has 3 aliphatic heterocycles. The van der Waals surface area contributed by atoms with Crippen molar-refractivity contribution in [1.82, 2.24) is 0 Å². The van der Waals surface area contributed by atoms with Crippen LogP contribution < -0.4 is 26.2 Å². The smallest absolute Gasteiger partial charge is 0.252 e. The van der Waals surface area contributed by atoms with Crippen molar-refractivity contribution >= 4 is 80.0 Å². The Morgan fingerprint density at radius 3 is 2.06 bits per heavy atom. The van der Waals surface area contributed by atoms with Crippen LogP contribution in [0.4, 0.5) is 34.1 Å². The molecule has 1 aromatic heterocycles. The fourth-order valence-corrected chi connectivity index (χ4v) is 9.22. The first-order valence-corrected chi connectivity index (χ1v) is 17.5. The van der Waals surface area contributed by atoms with Crippen LogP contribution >= 0.6 is 11.8 Å². The van der Waals surface area contributed by atoms with Gasteiger partial charge >= 0.3 is 0 Å². The normalized spacial score (nSPS) is 13.5. The quantitative estimate of drug-likeness (QED) is 0.179. The summed E-state index contributed by atoms with van der Waals surface area (Å²) in [5, 5.41) is 1.11. The summed E-state index contributed by atoms with van der Waals surface area (Å²) in [6.07, 6.45) is 0. The van der Waals surface area contributed by atoms with E-state index in [4.69, 9.17) is 4.42 Å². The Labute approximate surface area is 289 Å². The van der Waals surface area contributed by atoms with Crippen LogP contribution in [-0.2, 0) is 0 Å². The van der Waals surface area contributed by atoms with E-state index >= 15 is 0 Å². The van der Waals surface area contributed by atoms with E-state index in [0.29, 0.717) is 0 Å². The van der Waals surface area contributed by atoms with E-state index in [-0.39, 0.29) is 6.71 Å². The van der Waals surface area contributed by atoms with Gasteiger partial charge in [-0.1, -0.05) is 103 Å². The zero-order valence-corrected chi connectivity index (χ0v) is 27.2. The maximum absolute atomic E-state index is 6.24. The first-order chi connectivity index (χ1) is 24.3. The van der Waals surface area contributed by atoms with E-state index in [1.54, 1.807) is 0 Å². The molecular weight excluding hydrogens is 615 g/mol. The highest BCUT2D eigenvalue weighted by Gasteiger charge is 2.45. The van der Waals surface area contributed by atoms with Crippen LogP contribution in [0.2, 0.25) is 0 Å². The summed E-state index contributed by atoms with van der Waals surface area (Å²) in [5.74, 6) is 0.880. The molecule has 0 aliphatic carbocycles. The number of hydrogen-bond donors (Lipinski definition) is 0. The number of furan rings is 1. The zero-order chi connectivity index (χ0) is 32.1. The largest absolute Gasteiger partial charge is 0.456 e. The van der Waals surface area contributed by atoms with Gasteiger partial charge in [0, 0.05) is 43.5 Å². The highest BCUT2D eigenvalue weighted by molar-refractivity contribution is 7.99. The zero-order valence-electron chi connectivity index (χ0n) is 26.4. The SMILES string of the molecule is c1ccc(-c2ccc3c(c2)B2c4cccc5c4N(c4ccccc4S5)c4cccc(c42)N3c2ccc(-c3cc4ccccc4o3)cc2)cc1. The van der Waals surface area contributed by atoms with Gasteiger partial charge in [0.25, 0.3) is 6.71 Å². The molecule has 3 nitrogen and oxygen atoms in total. The third-order valence-corrected chi connectivity index (χ3v) is 11.4. The molecular formula is C44H27BN2OS. The topological polar surface area (TPSA) is 19.6 Å². The summed E-state index contributed by atoms with van der Waals surface area (Å²) < 4.78 is 6.24. The first-order valence-electron chi connectivity index (χ1n) is 16.7. The van der Waals surface area contributed by atoms with Crippen molar-refractivity contribution in [2.24, 2.45) is 0 Å². The van der Waals surface area contributed by atoms with E-state index < -0.39 is 0 Å². The number of nitrogens with zero attached hydrogens (tertiary/aromatic N) is 2. The molecule has 7 aromatic carbocycles. The fourth-order valence-electron chi connectivity index (χ4n) is 8.12. The van der Waals surface area contributed by atoms with Crippen LogP contribution in [0.25, 0.3) is 33.4 Å². The van der Waals surface area contributed by atoms with Crippen LogP contribution in [0.1, 0.15) is 0 Å². The van der Waals surface area contributed by atoms with Crippen molar-refractivity contribution in [3.05, 3.63) is 164 Å². The third kappa shape index (κ3) is 3.94. The molecule has 0 atom stereocenters. The van der Waals surface area contributed by atoms with Crippen molar-refractivity contribution in [2.75, 3.05) is 9.80 Å². The van der Waals surface area contributed by atoms with Gasteiger partial charge in [-0.05, 0) is 100 Å². The fraction of sp³-hybridized carbons (Fsp3) is 0. The second-order valence-electron chi connectivity index (χ2n) is 12.9. The summed E-state index contributed by atoms with van der Waals surface area (Å²) in [6, 6.07) is 59.5. The minimum Gasteiger partial charge on any atom is -0.456 e. The Kier molecular flexibility index (Phi) is 5.69. The van der Waals surface area contributed by atoms with Crippen molar-refractivity contribution < 1.29 is 4.42 Å². The van der Waals surface area contributed by atoms with E-state index in [1.807, 2.05) is 23.9 Å². The van der Waals surface area contributed by atoms with Crippen molar-refractivity contribution in [2.45, 2.75) is 9.79 Å². The predicted octanol–water partition coefficient (Wildman–Crippen LogP) is 10.3. The number of para-hydroxylation sites is 3. The Morgan fingerprint density at radius 2 is 1.18 bits per heavy atom. The third-order valence-electron chi connectivity index (χ3n) is 10.2. The van der Waals surface area contributed by atoms with Gasteiger partial charge < -0.3 is 14.2 Å². The predicted molar refractivity (Wildman–Crippen MR) is 205 cm³/mol. The van der Waals surface area contributed by atoms with E-state index in [0.717, 1.165) is 28.0 Å². The van der Waals surface area contributed by atoms with Crippen LogP contribution in [0, 0.1) is 0 Å². The van der Waals surface area contributed by atoms with E-state index in [9.17, 15) is 0 Å². The van der Waals surface area contributed by atoms with Gasteiger partial charge in [0.2, 0.25) is 0 Å². The minimum absolute atomic E-state index is 0.0907. The van der Waals surface area contributed by atoms with Gasteiger partial charge in [-0.3, -0.25) is 0 Å². The molecule has 0 spiro atoms. The number of hydrogen-bond acceptors (Lipinski definition) is 4. The van der Waals surface area contributed by atoms with Crippen molar-refractivity contribution in [3.8, 4) is 22.5 Å². The summed E-state index contributed by atoms with van der Waals surface area (Å²) in [4.78, 5) is 7.56. The maximum atomic E-state index is 6.24. The van der Waals surface area contributed by atoms with Gasteiger partial charge in [-0.25, -0.2) is 0 Å². The van der Waals surface area contributed by atoms with Crippen LogP contribution in [0.5, 0.6) is 0 Å². The number of fused-ring (bicyclic) bond motifs is 7. The molecule has 0 bridgehead atoms. The molecule has 5 heteroatoms. The molecule has 0 radical (unpaired) electrons. The second kappa shape index (κ2) is 10.3. The molecule has 0 fully saturated rings. The highest BCUT2D eigenvalue weighted by atomic mass is 32.2. The monoisotopic (exact) mass is 642 g/mol. The Balaban J connectivity index is 1.15. The molecule has 0 amide bonds. The minimum atomic E-state index is 0.0907. The standard InChI is InChI=1S/C44H27BN2OS/c1-2-10-28(11-3-1)30-22-25-35-34(26-30)45-33-13-8-19-42-44(33)47(36-14-5-7-18-41(36)49-42)38-16-9-15-37(43(38)45)46(35)32-23-20-29(21-24-32)40-27-31-12-4-6-17-39(31)48-40/h1-27H. The molecule has 228 valence electrons. The summed E-state index contributed by atoms with van der Waals surface area (Å²) >= 11 is 1.88. The van der Waals surface area contributed by atoms with Gasteiger partial charge in [0.05, 0.1) is 11.4 Å². The highest BCUT2D eigenvalue weighted by Crippen LogP contribution is 2.53. The summed E-state index contributed by atoms with van der Waals surface area (Å²) in [5.41, 5.74) is 15.8. The summed E-state index contributed by atoms with van der Waals surface area (Å²) in [7, 11) is 0. The van der Waals surface area contributed by atoms with Gasteiger partial charge in [0.15, 0.2) is 0 Å².